The average molecular weight is 310 g/mol. The van der Waals surface area contributed by atoms with Gasteiger partial charge in [0.05, 0.1) is 4.90 Å². The van der Waals surface area contributed by atoms with Gasteiger partial charge in [-0.1, -0.05) is 13.0 Å². The molecule has 1 saturated heterocycles. The monoisotopic (exact) mass is 310 g/mol. The fourth-order valence-corrected chi connectivity index (χ4v) is 5.44. The van der Waals surface area contributed by atoms with E-state index >= 15 is 0 Å². The van der Waals surface area contributed by atoms with Gasteiger partial charge in [0.1, 0.15) is 0 Å². The summed E-state index contributed by atoms with van der Waals surface area (Å²) in [5.74, 6) is 0. The Kier molecular flexibility index (Phi) is 4.76. The molecule has 0 saturated carbocycles. The van der Waals surface area contributed by atoms with Crippen LogP contribution in [0.2, 0.25) is 0 Å². The molecule has 2 rings (SSSR count). The zero-order chi connectivity index (χ0) is 15.8. The van der Waals surface area contributed by atoms with Crippen LogP contribution in [0.5, 0.6) is 0 Å². The third-order valence-corrected chi connectivity index (χ3v) is 6.92. The maximum atomic E-state index is 13.2. The summed E-state index contributed by atoms with van der Waals surface area (Å²) in [6.07, 6.45) is 0.885. The standard InChI is InChI=1S/C16H26N2O2S/c1-6-18(15-7-8-17-10-15)21(19,20)16-13(4)11(2)9-12(3)14(16)5/h9,15,17H,6-8,10H2,1-5H3. The van der Waals surface area contributed by atoms with E-state index in [2.05, 4.69) is 11.4 Å². The van der Waals surface area contributed by atoms with Gasteiger partial charge in [-0.2, -0.15) is 4.31 Å². The van der Waals surface area contributed by atoms with Crippen LogP contribution in [-0.4, -0.2) is 38.4 Å². The van der Waals surface area contributed by atoms with E-state index in [0.29, 0.717) is 11.4 Å². The van der Waals surface area contributed by atoms with Gasteiger partial charge in [0.2, 0.25) is 10.0 Å². The molecule has 1 aromatic rings. The highest BCUT2D eigenvalue weighted by atomic mass is 32.2. The maximum Gasteiger partial charge on any atom is 0.243 e. The first-order valence-corrected chi connectivity index (χ1v) is 9.04. The first-order chi connectivity index (χ1) is 9.80. The molecule has 21 heavy (non-hydrogen) atoms. The van der Waals surface area contributed by atoms with Crippen LogP contribution in [-0.2, 0) is 10.0 Å². The fraction of sp³-hybridized carbons (Fsp3) is 0.625. The van der Waals surface area contributed by atoms with Crippen molar-refractivity contribution in [3.8, 4) is 0 Å². The van der Waals surface area contributed by atoms with Crippen molar-refractivity contribution in [1.82, 2.24) is 9.62 Å². The molecule has 0 spiro atoms. The minimum absolute atomic E-state index is 0.0691. The Morgan fingerprint density at radius 3 is 2.19 bits per heavy atom. The molecule has 1 atom stereocenters. The van der Waals surface area contributed by atoms with Gasteiger partial charge in [0.25, 0.3) is 0 Å². The first-order valence-electron chi connectivity index (χ1n) is 7.60. The van der Waals surface area contributed by atoms with Gasteiger partial charge in [-0.25, -0.2) is 8.42 Å². The molecule has 0 bridgehead atoms. The number of likely N-dealkylation sites (N-methyl/N-ethyl adjacent to an activating group) is 1. The number of nitrogens with one attached hydrogen (secondary N) is 1. The predicted molar refractivity (Wildman–Crippen MR) is 86.2 cm³/mol. The van der Waals surface area contributed by atoms with Crippen LogP contribution in [0.25, 0.3) is 0 Å². The predicted octanol–water partition coefficient (Wildman–Crippen LogP) is 2.29. The third kappa shape index (κ3) is 2.87. The lowest BCUT2D eigenvalue weighted by Crippen LogP contribution is -2.41. The normalized spacial score (nSPS) is 19.4. The van der Waals surface area contributed by atoms with Gasteiger partial charge in [0, 0.05) is 19.1 Å². The largest absolute Gasteiger partial charge is 0.315 e. The van der Waals surface area contributed by atoms with E-state index < -0.39 is 10.0 Å². The van der Waals surface area contributed by atoms with Crippen LogP contribution in [0.1, 0.15) is 35.6 Å². The molecule has 1 heterocycles. The first kappa shape index (κ1) is 16.5. The van der Waals surface area contributed by atoms with E-state index in [0.717, 1.165) is 41.8 Å². The Bertz CT molecular complexity index is 606. The highest BCUT2D eigenvalue weighted by Crippen LogP contribution is 2.30. The van der Waals surface area contributed by atoms with Gasteiger partial charge in [0.15, 0.2) is 0 Å². The maximum absolute atomic E-state index is 13.2. The van der Waals surface area contributed by atoms with Crippen LogP contribution in [0, 0.1) is 27.7 Å². The van der Waals surface area contributed by atoms with E-state index in [1.165, 1.54) is 0 Å². The summed E-state index contributed by atoms with van der Waals surface area (Å²) >= 11 is 0. The highest BCUT2D eigenvalue weighted by Gasteiger charge is 2.34. The van der Waals surface area contributed by atoms with Crippen LogP contribution < -0.4 is 5.32 Å². The van der Waals surface area contributed by atoms with Gasteiger partial charge < -0.3 is 5.32 Å². The van der Waals surface area contributed by atoms with E-state index in [1.54, 1.807) is 4.31 Å². The minimum Gasteiger partial charge on any atom is -0.315 e. The summed E-state index contributed by atoms with van der Waals surface area (Å²) in [6.45, 7) is 11.9. The molecule has 0 aromatic heterocycles. The number of aryl methyl sites for hydroxylation is 2. The van der Waals surface area contributed by atoms with Crippen molar-refractivity contribution >= 4 is 10.0 Å². The van der Waals surface area contributed by atoms with Crippen molar-refractivity contribution in [2.45, 2.75) is 52.0 Å². The van der Waals surface area contributed by atoms with Gasteiger partial charge in [-0.3, -0.25) is 0 Å². The number of hydrogen-bond acceptors (Lipinski definition) is 3. The van der Waals surface area contributed by atoms with Crippen molar-refractivity contribution in [3.63, 3.8) is 0 Å². The van der Waals surface area contributed by atoms with Crippen molar-refractivity contribution < 1.29 is 8.42 Å². The molecular weight excluding hydrogens is 284 g/mol. The molecule has 4 nitrogen and oxygen atoms in total. The van der Waals surface area contributed by atoms with Crippen molar-refractivity contribution in [3.05, 3.63) is 28.3 Å². The molecule has 0 amide bonds. The van der Waals surface area contributed by atoms with Gasteiger partial charge >= 0.3 is 0 Å². The Morgan fingerprint density at radius 1 is 1.19 bits per heavy atom. The lowest BCUT2D eigenvalue weighted by Gasteiger charge is -2.28. The Labute approximate surface area is 128 Å². The Balaban J connectivity index is 2.58. The second kappa shape index (κ2) is 6.07. The number of benzene rings is 1. The molecule has 0 aliphatic carbocycles. The highest BCUT2D eigenvalue weighted by molar-refractivity contribution is 7.89. The number of rotatable bonds is 4. The second-order valence-corrected chi connectivity index (χ2v) is 7.77. The third-order valence-electron chi connectivity index (χ3n) is 4.62. The number of hydrogen-bond donors (Lipinski definition) is 1. The summed E-state index contributed by atoms with van der Waals surface area (Å²) in [7, 11) is -3.45. The molecule has 1 N–H and O–H groups in total. The molecule has 1 aromatic carbocycles. The van der Waals surface area contributed by atoms with Crippen LogP contribution in [0.3, 0.4) is 0 Å². The second-order valence-electron chi connectivity index (χ2n) is 5.94. The zero-order valence-electron chi connectivity index (χ0n) is 13.7. The van der Waals surface area contributed by atoms with E-state index in [4.69, 9.17) is 0 Å². The molecule has 0 radical (unpaired) electrons. The summed E-state index contributed by atoms with van der Waals surface area (Å²) in [6, 6.07) is 2.14. The summed E-state index contributed by atoms with van der Waals surface area (Å²) in [5.41, 5.74) is 3.83. The molecule has 1 fully saturated rings. The smallest absolute Gasteiger partial charge is 0.243 e. The van der Waals surface area contributed by atoms with E-state index in [9.17, 15) is 8.42 Å². The fourth-order valence-electron chi connectivity index (χ4n) is 3.19. The summed E-state index contributed by atoms with van der Waals surface area (Å²) in [5, 5.41) is 3.26. The molecule has 5 heteroatoms. The minimum atomic E-state index is -3.45. The van der Waals surface area contributed by atoms with Crippen LogP contribution in [0.15, 0.2) is 11.0 Å². The molecule has 1 unspecified atom stereocenters. The van der Waals surface area contributed by atoms with Crippen molar-refractivity contribution in [2.24, 2.45) is 0 Å². The average Bonchev–Trinajstić information content (AvgIpc) is 2.90. The van der Waals surface area contributed by atoms with Crippen LogP contribution in [0.4, 0.5) is 0 Å². The number of sulfonamides is 1. The van der Waals surface area contributed by atoms with Crippen molar-refractivity contribution in [2.75, 3.05) is 19.6 Å². The van der Waals surface area contributed by atoms with Gasteiger partial charge in [-0.05, 0) is 62.9 Å². The molecule has 1 aliphatic rings. The molecule has 118 valence electrons. The topological polar surface area (TPSA) is 49.4 Å². The van der Waals surface area contributed by atoms with E-state index in [1.807, 2.05) is 34.6 Å². The quantitative estimate of drug-likeness (QED) is 0.928. The van der Waals surface area contributed by atoms with Crippen LogP contribution >= 0.6 is 0 Å². The summed E-state index contributed by atoms with van der Waals surface area (Å²) < 4.78 is 28.1. The lowest BCUT2D eigenvalue weighted by molar-refractivity contribution is 0.348. The Hall–Kier alpha value is -0.910. The molecule has 1 aliphatic heterocycles. The van der Waals surface area contributed by atoms with Crippen molar-refractivity contribution in [1.29, 1.82) is 0 Å². The Morgan fingerprint density at radius 2 is 1.76 bits per heavy atom. The molecular formula is C16H26N2O2S. The number of nitrogens with zero attached hydrogens (tertiary/aromatic N) is 1. The lowest BCUT2D eigenvalue weighted by atomic mass is 10.0. The van der Waals surface area contributed by atoms with E-state index in [-0.39, 0.29) is 6.04 Å². The summed E-state index contributed by atoms with van der Waals surface area (Å²) in [4.78, 5) is 0.508. The SMILES string of the molecule is CCN(C1CCNC1)S(=O)(=O)c1c(C)c(C)cc(C)c1C. The zero-order valence-corrected chi connectivity index (χ0v) is 14.5. The van der Waals surface area contributed by atoms with Gasteiger partial charge in [-0.15, -0.1) is 0 Å².